The van der Waals surface area contributed by atoms with Gasteiger partial charge in [0.25, 0.3) is 0 Å². The molecule has 0 N–H and O–H groups in total. The average Bonchev–Trinajstić information content (AvgIpc) is 2.67. The van der Waals surface area contributed by atoms with Crippen molar-refractivity contribution in [1.82, 2.24) is 0 Å². The lowest BCUT2D eigenvalue weighted by Crippen LogP contribution is -2.23. The van der Waals surface area contributed by atoms with E-state index < -0.39 is 0 Å². The number of hydrogen-bond acceptors (Lipinski definition) is 2. The maximum atomic E-state index is 13.4. The topological polar surface area (TPSA) is 34.1 Å². The first kappa shape index (κ1) is 15.0. The fraction of sp³-hybridized carbons (Fsp3) is 0.0833. The van der Waals surface area contributed by atoms with Crippen molar-refractivity contribution in [2.24, 2.45) is 0 Å². The van der Waals surface area contributed by atoms with Crippen LogP contribution < -0.4 is 0 Å². The van der Waals surface area contributed by atoms with Crippen molar-refractivity contribution in [1.29, 1.82) is 0 Å². The molecule has 0 saturated heterocycles. The summed E-state index contributed by atoms with van der Waals surface area (Å²) in [6.45, 7) is 3.88. The van der Waals surface area contributed by atoms with E-state index in [0.29, 0.717) is 22.3 Å². The van der Waals surface area contributed by atoms with Crippen molar-refractivity contribution < 1.29 is 9.59 Å². The molecule has 0 fully saturated rings. The molecule has 0 unspecified atom stereocenters. The lowest BCUT2D eigenvalue weighted by molar-refractivity contribution is 0.0978. The van der Waals surface area contributed by atoms with E-state index in [2.05, 4.69) is 0 Å². The second-order valence-electron chi connectivity index (χ2n) is 6.95. The van der Waals surface area contributed by atoms with Crippen LogP contribution in [0, 0.1) is 13.8 Å². The molecule has 0 atom stereocenters. The van der Waals surface area contributed by atoms with Gasteiger partial charge in [0.1, 0.15) is 0 Å². The SMILES string of the molecule is Cc1c2c(c(C)c3ccccc13)C(=O)c1cc3ccccc3cc1C2=O. The third kappa shape index (κ3) is 1.81. The van der Waals surface area contributed by atoms with Gasteiger partial charge in [-0.15, -0.1) is 0 Å². The van der Waals surface area contributed by atoms with Gasteiger partial charge < -0.3 is 0 Å². The van der Waals surface area contributed by atoms with Crippen LogP contribution in [0.15, 0.2) is 60.7 Å². The predicted molar refractivity (Wildman–Crippen MR) is 104 cm³/mol. The van der Waals surface area contributed by atoms with Crippen molar-refractivity contribution in [2.45, 2.75) is 13.8 Å². The highest BCUT2D eigenvalue weighted by Crippen LogP contribution is 2.37. The number of ketones is 2. The van der Waals surface area contributed by atoms with Crippen molar-refractivity contribution in [3.63, 3.8) is 0 Å². The second kappa shape index (κ2) is 5.12. The molecule has 4 aromatic carbocycles. The number of carbonyl (C=O) groups is 2. The van der Waals surface area contributed by atoms with Gasteiger partial charge in [-0.25, -0.2) is 0 Å². The highest BCUT2D eigenvalue weighted by molar-refractivity contribution is 6.32. The van der Waals surface area contributed by atoms with E-state index in [1.165, 1.54) is 0 Å². The zero-order valence-corrected chi connectivity index (χ0v) is 14.6. The summed E-state index contributed by atoms with van der Waals surface area (Å²) in [4.78, 5) is 26.7. The van der Waals surface area contributed by atoms with E-state index in [0.717, 1.165) is 32.7 Å². The minimum absolute atomic E-state index is 0.0493. The van der Waals surface area contributed by atoms with Crippen LogP contribution in [0.4, 0.5) is 0 Å². The quantitative estimate of drug-likeness (QED) is 0.380. The molecule has 0 spiro atoms. The number of fused-ring (bicyclic) bond motifs is 4. The van der Waals surface area contributed by atoms with Crippen LogP contribution in [0.2, 0.25) is 0 Å². The molecule has 26 heavy (non-hydrogen) atoms. The molecular weight excluding hydrogens is 320 g/mol. The molecule has 0 heterocycles. The van der Waals surface area contributed by atoms with Crippen LogP contribution in [0.3, 0.4) is 0 Å². The zero-order chi connectivity index (χ0) is 18.0. The first-order chi connectivity index (χ1) is 12.6. The molecule has 0 saturated carbocycles. The maximum absolute atomic E-state index is 13.4. The summed E-state index contributed by atoms with van der Waals surface area (Å²) < 4.78 is 0. The van der Waals surface area contributed by atoms with Gasteiger partial charge in [0.05, 0.1) is 0 Å². The van der Waals surface area contributed by atoms with Crippen molar-refractivity contribution in [3.05, 3.63) is 94.0 Å². The lowest BCUT2D eigenvalue weighted by atomic mass is 9.77. The smallest absolute Gasteiger partial charge is 0.194 e. The van der Waals surface area contributed by atoms with E-state index in [9.17, 15) is 9.59 Å². The summed E-state index contributed by atoms with van der Waals surface area (Å²) in [6.07, 6.45) is 0. The fourth-order valence-corrected chi connectivity index (χ4v) is 4.23. The van der Waals surface area contributed by atoms with E-state index >= 15 is 0 Å². The Labute approximate surface area is 151 Å². The van der Waals surface area contributed by atoms with E-state index in [1.54, 1.807) is 0 Å². The molecule has 5 rings (SSSR count). The molecule has 0 radical (unpaired) electrons. The molecular formula is C24H16O2. The number of aryl methyl sites for hydroxylation is 2. The number of benzene rings is 4. The summed E-state index contributed by atoms with van der Waals surface area (Å²) in [5.74, 6) is -0.0987. The third-order valence-electron chi connectivity index (χ3n) is 5.56. The summed E-state index contributed by atoms with van der Waals surface area (Å²) in [7, 11) is 0. The van der Waals surface area contributed by atoms with Crippen LogP contribution in [0.1, 0.15) is 43.0 Å². The van der Waals surface area contributed by atoms with Crippen molar-refractivity contribution >= 4 is 33.1 Å². The molecule has 124 valence electrons. The Morgan fingerprint density at radius 1 is 0.577 bits per heavy atom. The monoisotopic (exact) mass is 336 g/mol. The largest absolute Gasteiger partial charge is 0.289 e. The van der Waals surface area contributed by atoms with E-state index in [4.69, 9.17) is 0 Å². The Morgan fingerprint density at radius 3 is 1.38 bits per heavy atom. The first-order valence-corrected chi connectivity index (χ1v) is 8.72. The molecule has 0 aromatic heterocycles. The molecule has 0 amide bonds. The minimum atomic E-state index is -0.0493. The van der Waals surface area contributed by atoms with Crippen molar-refractivity contribution in [2.75, 3.05) is 0 Å². The standard InChI is InChI=1S/C24H16O2/c1-13-17-9-5-6-10-18(17)14(2)22-21(13)23(25)19-11-15-7-3-4-8-16(15)12-20(19)24(22)26/h3-12H,1-2H3. The highest BCUT2D eigenvalue weighted by Gasteiger charge is 2.33. The van der Waals surface area contributed by atoms with E-state index in [-0.39, 0.29) is 11.6 Å². The molecule has 1 aliphatic rings. The van der Waals surface area contributed by atoms with Crippen molar-refractivity contribution in [3.8, 4) is 0 Å². The number of rotatable bonds is 0. The Kier molecular flexibility index (Phi) is 2.96. The highest BCUT2D eigenvalue weighted by atomic mass is 16.1. The first-order valence-electron chi connectivity index (χ1n) is 8.72. The maximum Gasteiger partial charge on any atom is 0.194 e. The second-order valence-corrected chi connectivity index (χ2v) is 6.95. The van der Waals surface area contributed by atoms with Gasteiger partial charge in [0, 0.05) is 22.3 Å². The molecule has 0 aliphatic heterocycles. The molecule has 0 bridgehead atoms. The number of hydrogen-bond donors (Lipinski definition) is 0. The van der Waals surface area contributed by atoms with Gasteiger partial charge in [0.2, 0.25) is 0 Å². The van der Waals surface area contributed by atoms with Gasteiger partial charge in [0.15, 0.2) is 11.6 Å². The lowest BCUT2D eigenvalue weighted by Gasteiger charge is -2.23. The summed E-state index contributed by atoms with van der Waals surface area (Å²) >= 11 is 0. The van der Waals surface area contributed by atoms with E-state index in [1.807, 2.05) is 74.5 Å². The van der Waals surface area contributed by atoms with Gasteiger partial charge in [-0.05, 0) is 58.7 Å². The van der Waals surface area contributed by atoms with Gasteiger partial charge in [-0.1, -0.05) is 48.5 Å². The third-order valence-corrected chi connectivity index (χ3v) is 5.56. The zero-order valence-electron chi connectivity index (χ0n) is 14.6. The fourth-order valence-electron chi connectivity index (χ4n) is 4.23. The van der Waals surface area contributed by atoms with Crippen LogP contribution in [0.25, 0.3) is 21.5 Å². The van der Waals surface area contributed by atoms with Crippen LogP contribution >= 0.6 is 0 Å². The molecule has 2 heteroatoms. The summed E-state index contributed by atoms with van der Waals surface area (Å²) in [5.41, 5.74) is 3.93. The van der Waals surface area contributed by atoms with Gasteiger partial charge in [-0.3, -0.25) is 9.59 Å². The van der Waals surface area contributed by atoms with Gasteiger partial charge in [-0.2, -0.15) is 0 Å². The molecule has 4 aromatic rings. The Balaban J connectivity index is 1.92. The predicted octanol–water partition coefficient (Wildman–Crippen LogP) is 5.39. The van der Waals surface area contributed by atoms with Crippen LogP contribution in [-0.2, 0) is 0 Å². The summed E-state index contributed by atoms with van der Waals surface area (Å²) in [5, 5.41) is 4.03. The van der Waals surface area contributed by atoms with Crippen LogP contribution in [0.5, 0.6) is 0 Å². The molecule has 1 aliphatic carbocycles. The average molecular weight is 336 g/mol. The molecule has 2 nitrogen and oxygen atoms in total. The summed E-state index contributed by atoms with van der Waals surface area (Å²) in [6, 6.07) is 19.5. The normalized spacial score (nSPS) is 13.2. The number of carbonyl (C=O) groups excluding carboxylic acids is 2. The van der Waals surface area contributed by atoms with Gasteiger partial charge >= 0.3 is 0 Å². The minimum Gasteiger partial charge on any atom is -0.289 e. The Morgan fingerprint density at radius 2 is 0.962 bits per heavy atom. The Bertz CT molecular complexity index is 1180. The Hall–Kier alpha value is -3.26. The van der Waals surface area contributed by atoms with Crippen LogP contribution in [-0.4, -0.2) is 11.6 Å².